The lowest BCUT2D eigenvalue weighted by Crippen LogP contribution is -3.61. The third-order valence-electron chi connectivity index (χ3n) is 11.2. The molecule has 0 N–H and O–H groups in total. The first-order valence-electron chi connectivity index (χ1n) is 22.0. The first-order chi connectivity index (χ1) is 35.6. The largest absolute Gasteiger partial charge is 0.465 e. The van der Waals surface area contributed by atoms with Crippen LogP contribution < -0.4 is 52.5 Å². The predicted molar refractivity (Wildman–Crippen MR) is 226 cm³/mol. The smallest absolute Gasteiger partial charge is 0.443 e. The highest BCUT2D eigenvalue weighted by Crippen LogP contribution is 2.41. The van der Waals surface area contributed by atoms with E-state index in [4.69, 9.17) is 18.3 Å². The van der Waals surface area contributed by atoms with Gasteiger partial charge in [0.15, 0.2) is 0 Å². The third-order valence-corrected chi connectivity index (χ3v) is 13.4. The zero-order valence-corrected chi connectivity index (χ0v) is 41.3. The first-order valence-corrected chi connectivity index (χ1v) is 24.2. The summed E-state index contributed by atoms with van der Waals surface area (Å²) in [7, 11) is 0. The molecule has 0 aliphatic heterocycles. The Labute approximate surface area is 434 Å². The molecule has 0 aliphatic rings. The number of alkyl halides is 24. The molecule has 2 heterocycles. The van der Waals surface area contributed by atoms with Crippen LogP contribution in [0.25, 0.3) is 0 Å². The molecule has 30 heteroatoms. The van der Waals surface area contributed by atoms with Gasteiger partial charge in [0.2, 0.25) is 0 Å². The number of furan rings is 2. The summed E-state index contributed by atoms with van der Waals surface area (Å²) in [5, 5.41) is 0. The van der Waals surface area contributed by atoms with Crippen molar-refractivity contribution in [2.24, 2.45) is 0 Å². The van der Waals surface area contributed by atoms with Gasteiger partial charge in [0, 0.05) is 24.3 Å². The Balaban J connectivity index is 0.000000443. The van der Waals surface area contributed by atoms with Crippen molar-refractivity contribution in [2.45, 2.75) is 88.9 Å². The maximum atomic E-state index is 14.2. The molecule has 0 atom stereocenters. The maximum absolute atomic E-state index is 14.2. The van der Waals surface area contributed by atoms with Crippen molar-refractivity contribution in [3.63, 3.8) is 0 Å². The molecule has 0 unspecified atom stereocenters. The molecule has 0 amide bonds. The molecule has 4 nitrogen and oxygen atoms in total. The van der Waals surface area contributed by atoms with Crippen molar-refractivity contribution in [3.05, 3.63) is 149 Å². The van der Waals surface area contributed by atoms with E-state index in [0.29, 0.717) is 25.1 Å². The second kappa shape index (κ2) is 23.1. The second-order valence-electron chi connectivity index (χ2n) is 16.8. The van der Waals surface area contributed by atoms with Crippen LogP contribution in [0, 0.1) is 7.53 Å². The van der Waals surface area contributed by atoms with Crippen LogP contribution in [0.2, 0.25) is 0 Å². The highest BCUT2D eigenvalue weighted by Gasteiger charge is 2.47. The molecule has 428 valence electrons. The van der Waals surface area contributed by atoms with Crippen LogP contribution in [0.1, 0.15) is 84.0 Å². The molecule has 6 rings (SSSR count). The minimum Gasteiger partial charge on any atom is -0.465 e. The minimum atomic E-state index is -6.13. The van der Waals surface area contributed by atoms with Crippen LogP contribution >= 0.6 is 0 Å². The molecule has 0 aliphatic carbocycles. The third kappa shape index (κ3) is 15.7. The van der Waals surface area contributed by atoms with Gasteiger partial charge in [-0.15, -0.1) is 0 Å². The van der Waals surface area contributed by atoms with Crippen LogP contribution in [0.3, 0.4) is 0 Å². The van der Waals surface area contributed by atoms with Crippen molar-refractivity contribution in [1.29, 1.82) is 0 Å². The fourth-order valence-electron chi connectivity index (χ4n) is 7.65. The lowest BCUT2D eigenvalue weighted by Gasteiger charge is -2.46. The van der Waals surface area contributed by atoms with E-state index in [1.54, 1.807) is 0 Å². The molecular weight excluding hydrogens is 1230 g/mol. The van der Waals surface area contributed by atoms with Gasteiger partial charge < -0.3 is 18.3 Å². The van der Waals surface area contributed by atoms with E-state index in [-0.39, 0.29) is 0 Å². The number of benzene rings is 4. The van der Waals surface area contributed by atoms with Gasteiger partial charge in [-0.1, -0.05) is 75.2 Å². The van der Waals surface area contributed by atoms with E-state index in [9.17, 15) is 105 Å². The van der Waals surface area contributed by atoms with Crippen LogP contribution in [-0.4, -0.2) is 19.4 Å². The second-order valence-corrected chi connectivity index (χ2v) is 19.5. The Kier molecular flexibility index (Phi) is 18.6. The molecule has 2 aromatic heterocycles. The molecule has 0 radical (unpaired) electrons. The summed E-state index contributed by atoms with van der Waals surface area (Å²) in [4.78, 5) is 0. The van der Waals surface area contributed by atoms with Crippen molar-refractivity contribution in [3.8, 4) is 11.9 Å². The van der Waals surface area contributed by atoms with Gasteiger partial charge in [0.1, 0.15) is 6.15 Å². The first kappa shape index (κ1) is 63.0. The fraction of sp³-hybridized carbons (Fsp3) is 0.333. The lowest BCUT2D eigenvalue weighted by atomic mass is 9.12. The highest BCUT2D eigenvalue weighted by molar-refractivity contribution is 7.20. The van der Waals surface area contributed by atoms with Gasteiger partial charge >= 0.3 is 78.1 Å². The van der Waals surface area contributed by atoms with Crippen LogP contribution in [0.4, 0.5) is 105 Å². The summed E-state index contributed by atoms with van der Waals surface area (Å²) < 4.78 is 365. The number of hydrogen-bond donors (Lipinski definition) is 0. The molecule has 6 aromatic rings. The Morgan fingerprint density at radius 1 is 0.333 bits per heavy atom. The monoisotopic (exact) mass is 1270 g/mol. The summed E-state index contributed by atoms with van der Waals surface area (Å²) >= 11 is -0.462. The van der Waals surface area contributed by atoms with Gasteiger partial charge in [-0.3, -0.25) is 0 Å². The van der Waals surface area contributed by atoms with Gasteiger partial charge in [-0.25, -0.2) is 0 Å². The highest BCUT2D eigenvalue weighted by atomic mass is 127. The molecule has 4 aromatic carbocycles. The number of rotatable bonds is 14. The zero-order chi connectivity index (χ0) is 58.8. The Hall–Kier alpha value is -5.85. The molecule has 0 fully saturated rings. The van der Waals surface area contributed by atoms with E-state index in [1.165, 1.54) is 0 Å². The van der Waals surface area contributed by atoms with E-state index in [1.807, 2.05) is 24.3 Å². The van der Waals surface area contributed by atoms with Gasteiger partial charge in [-0.05, 0) is 37.1 Å². The Bertz CT molecular complexity index is 2510. The molecular formula is C48H34BF24IO4. The van der Waals surface area contributed by atoms with Crippen LogP contribution in [0.15, 0.2) is 106 Å². The normalized spacial score (nSPS) is 13.4. The van der Waals surface area contributed by atoms with Crippen molar-refractivity contribution in [2.75, 3.05) is 13.2 Å². The molecule has 0 spiro atoms. The van der Waals surface area contributed by atoms with Crippen LogP contribution in [0.5, 0.6) is 11.9 Å². The van der Waals surface area contributed by atoms with Crippen molar-refractivity contribution < 1.29 is 145 Å². The fourth-order valence-corrected chi connectivity index (χ4v) is 9.55. The van der Waals surface area contributed by atoms with E-state index >= 15 is 0 Å². The van der Waals surface area contributed by atoms with E-state index < -0.39 is 216 Å². The molecule has 0 saturated carbocycles. The summed E-state index contributed by atoms with van der Waals surface area (Å²) in [6.07, 6.45) is -50.5. The Morgan fingerprint density at radius 2 is 0.538 bits per heavy atom. The van der Waals surface area contributed by atoms with E-state index in [0.717, 1.165) is 33.2 Å². The summed E-state index contributed by atoms with van der Waals surface area (Å²) in [5.41, 5.74) is -30.2. The molecule has 0 saturated heterocycles. The summed E-state index contributed by atoms with van der Waals surface area (Å²) in [6, 6.07) is -1.11. The summed E-state index contributed by atoms with van der Waals surface area (Å²) in [6.45, 7) is 5.69. The average Bonchev–Trinajstić information content (AvgIpc) is 3.96. The standard InChI is InChI=1S/C32H12BF24.C16H22IO4/c34-25(35,36)13-1-14(26(37,38)39)6-21(5-13)33(22-7-15(27(40,41)42)2-16(8-22)28(43,44)45,23-9-17(29(46,47)48)3-18(10-23)30(49,50)51)24-11-19(31(52,53)54)4-20(12-24)32(55,56)57;1-3-5-11-18-15-9-7-13(20-15)17-14-8-10-16(21-14)19-12-6-4-2/h1-12H;7-10H,3-6,11-12H2,1-2H3/q-1;+1. The van der Waals surface area contributed by atoms with Gasteiger partial charge in [0.25, 0.3) is 11.9 Å². The average molecular weight is 1270 g/mol. The van der Waals surface area contributed by atoms with Gasteiger partial charge in [-0.2, -0.15) is 127 Å². The van der Waals surface area contributed by atoms with E-state index in [2.05, 4.69) is 13.8 Å². The summed E-state index contributed by atoms with van der Waals surface area (Å²) in [5.74, 6) is 1.20. The number of ether oxygens (including phenoxy) is 2. The minimum absolute atomic E-state index is 0.462. The predicted octanol–water partition coefficient (Wildman–Crippen LogP) is 12.6. The lowest BCUT2D eigenvalue weighted by molar-refractivity contribution is -0.636. The number of halogens is 25. The Morgan fingerprint density at radius 3 is 0.718 bits per heavy atom. The SMILES string of the molecule is CCCCOc1ccc([I+]c2ccc(OCCCC)o2)o1.FC(F)(F)c1cc([B-](c2cc(C(F)(F)F)cc(C(F)(F)F)c2)(c2cc(C(F)(F)F)cc(C(F)(F)F)c2)c2cc(C(F)(F)F)cc(C(F)(F)F)c2)cc(C(F)(F)F)c1. The zero-order valence-electron chi connectivity index (χ0n) is 39.1. The maximum Gasteiger partial charge on any atom is 0.443 e. The molecule has 78 heavy (non-hydrogen) atoms. The number of hydrogen-bond acceptors (Lipinski definition) is 4. The topological polar surface area (TPSA) is 44.7 Å². The quantitative estimate of drug-likeness (QED) is 0.0472. The molecule has 0 bridgehead atoms. The van der Waals surface area contributed by atoms with Crippen molar-refractivity contribution in [1.82, 2.24) is 0 Å². The van der Waals surface area contributed by atoms with Crippen LogP contribution in [-0.2, 0) is 49.4 Å². The van der Waals surface area contributed by atoms with Gasteiger partial charge in [0.05, 0.1) is 57.7 Å². The van der Waals surface area contributed by atoms with Crippen molar-refractivity contribution >= 4 is 28.0 Å². The number of unbranched alkanes of at least 4 members (excludes halogenated alkanes) is 2.